The van der Waals surface area contributed by atoms with E-state index in [2.05, 4.69) is 6.92 Å². The summed E-state index contributed by atoms with van der Waals surface area (Å²) < 4.78 is 11.0. The van der Waals surface area contributed by atoms with Gasteiger partial charge in [-0.25, -0.2) is 0 Å². The Morgan fingerprint density at radius 1 is 0.760 bits per heavy atom. The van der Waals surface area contributed by atoms with Crippen molar-refractivity contribution in [3.8, 4) is 0 Å². The highest BCUT2D eigenvalue weighted by Gasteiger charge is 2.34. The summed E-state index contributed by atoms with van der Waals surface area (Å²) in [6, 6.07) is 6.91. The van der Waals surface area contributed by atoms with E-state index in [1.54, 1.807) is 24.3 Å². The number of rotatable bonds is 13. The first-order valence-corrected chi connectivity index (χ1v) is 9.36. The fourth-order valence-electron chi connectivity index (χ4n) is 2.90. The Hall–Kier alpha value is -1.72. The van der Waals surface area contributed by atoms with E-state index in [9.17, 15) is 9.59 Å². The number of unbranched alkanes of at least 4 members (excludes halogenated alkanes) is 5. The van der Waals surface area contributed by atoms with Crippen molar-refractivity contribution in [2.45, 2.75) is 45.4 Å². The van der Waals surface area contributed by atoms with Crippen LogP contribution in [0.4, 0.5) is 0 Å². The topological polar surface area (TPSA) is 55.8 Å². The Morgan fingerprint density at radius 2 is 1.32 bits per heavy atom. The molecule has 1 aromatic rings. The largest absolute Gasteiger partial charge is 0.379 e. The van der Waals surface area contributed by atoms with Crippen LogP contribution in [0.2, 0.25) is 0 Å². The smallest absolute Gasteiger partial charge is 0.261 e. The minimum Gasteiger partial charge on any atom is -0.379 e. The van der Waals surface area contributed by atoms with Crippen LogP contribution in [-0.4, -0.2) is 49.7 Å². The van der Waals surface area contributed by atoms with Crippen LogP contribution in [-0.2, 0) is 9.47 Å². The summed E-state index contributed by atoms with van der Waals surface area (Å²) in [6.07, 6.45) is 7.51. The average molecular weight is 347 g/mol. The Bertz CT molecular complexity index is 523. The van der Waals surface area contributed by atoms with Crippen LogP contribution < -0.4 is 0 Å². The van der Waals surface area contributed by atoms with Crippen LogP contribution in [0.25, 0.3) is 0 Å². The number of nitrogens with zero attached hydrogens (tertiary/aromatic N) is 1. The highest BCUT2D eigenvalue weighted by molar-refractivity contribution is 6.21. The van der Waals surface area contributed by atoms with E-state index in [0.29, 0.717) is 30.9 Å². The molecule has 0 aromatic heterocycles. The van der Waals surface area contributed by atoms with Gasteiger partial charge in [0.2, 0.25) is 0 Å². The molecule has 1 heterocycles. The van der Waals surface area contributed by atoms with Crippen molar-refractivity contribution in [3.05, 3.63) is 35.4 Å². The quantitative estimate of drug-likeness (QED) is 0.403. The van der Waals surface area contributed by atoms with E-state index < -0.39 is 0 Å². The molecule has 0 atom stereocenters. The van der Waals surface area contributed by atoms with Gasteiger partial charge in [-0.1, -0.05) is 51.2 Å². The molecule has 2 rings (SSSR count). The molecule has 138 valence electrons. The summed E-state index contributed by atoms with van der Waals surface area (Å²) >= 11 is 0. The van der Waals surface area contributed by atoms with Gasteiger partial charge in [0.1, 0.15) is 0 Å². The van der Waals surface area contributed by atoms with E-state index in [4.69, 9.17) is 9.47 Å². The molecule has 1 aliphatic rings. The first-order valence-electron chi connectivity index (χ1n) is 9.36. The minimum atomic E-state index is -0.233. The third kappa shape index (κ3) is 5.94. The predicted molar refractivity (Wildman–Crippen MR) is 96.8 cm³/mol. The molecule has 0 unspecified atom stereocenters. The zero-order valence-corrected chi connectivity index (χ0v) is 15.2. The van der Waals surface area contributed by atoms with Crippen molar-refractivity contribution in [1.82, 2.24) is 4.90 Å². The summed E-state index contributed by atoms with van der Waals surface area (Å²) in [6.45, 7) is 4.65. The van der Waals surface area contributed by atoms with E-state index >= 15 is 0 Å². The maximum Gasteiger partial charge on any atom is 0.261 e. The van der Waals surface area contributed by atoms with E-state index in [-0.39, 0.29) is 18.4 Å². The Labute approximate surface area is 150 Å². The van der Waals surface area contributed by atoms with Gasteiger partial charge in [-0.05, 0) is 18.6 Å². The summed E-state index contributed by atoms with van der Waals surface area (Å²) in [5, 5.41) is 0. The van der Waals surface area contributed by atoms with Gasteiger partial charge in [-0.15, -0.1) is 0 Å². The summed E-state index contributed by atoms with van der Waals surface area (Å²) in [4.78, 5) is 25.6. The zero-order valence-electron chi connectivity index (χ0n) is 15.2. The lowest BCUT2D eigenvalue weighted by Gasteiger charge is -2.13. The second kappa shape index (κ2) is 11.0. The highest BCUT2D eigenvalue weighted by Crippen LogP contribution is 2.21. The van der Waals surface area contributed by atoms with E-state index in [0.717, 1.165) is 13.0 Å². The number of amides is 2. The van der Waals surface area contributed by atoms with Gasteiger partial charge in [0, 0.05) is 6.61 Å². The normalized spacial score (nSPS) is 13.6. The van der Waals surface area contributed by atoms with Gasteiger partial charge in [0.25, 0.3) is 11.8 Å². The van der Waals surface area contributed by atoms with Gasteiger partial charge in [-0.2, -0.15) is 0 Å². The molecule has 0 N–H and O–H groups in total. The zero-order chi connectivity index (χ0) is 17.9. The standard InChI is InChI=1S/C20H29NO4/c1-2-3-4-5-6-9-13-24-15-16-25-14-12-21-19(22)17-10-7-8-11-18(17)20(21)23/h7-8,10-11H,2-6,9,12-16H2,1H3. The number of hydrogen-bond acceptors (Lipinski definition) is 4. The van der Waals surface area contributed by atoms with Crippen LogP contribution >= 0.6 is 0 Å². The van der Waals surface area contributed by atoms with Crippen molar-refractivity contribution in [2.24, 2.45) is 0 Å². The number of carbonyl (C=O) groups is 2. The van der Waals surface area contributed by atoms with Gasteiger partial charge in [0.15, 0.2) is 0 Å². The van der Waals surface area contributed by atoms with Crippen LogP contribution in [0.5, 0.6) is 0 Å². The lowest BCUT2D eigenvalue weighted by Crippen LogP contribution is -2.33. The molecule has 1 aliphatic heterocycles. The monoisotopic (exact) mass is 347 g/mol. The maximum atomic E-state index is 12.2. The molecule has 2 amide bonds. The van der Waals surface area contributed by atoms with Gasteiger partial charge >= 0.3 is 0 Å². The molecule has 5 heteroatoms. The predicted octanol–water partition coefficient (Wildman–Crippen LogP) is 3.68. The van der Waals surface area contributed by atoms with Crippen molar-refractivity contribution >= 4 is 11.8 Å². The fraction of sp³-hybridized carbons (Fsp3) is 0.600. The third-order valence-corrected chi connectivity index (χ3v) is 4.35. The van der Waals surface area contributed by atoms with Crippen molar-refractivity contribution < 1.29 is 19.1 Å². The van der Waals surface area contributed by atoms with Crippen LogP contribution in [0, 0.1) is 0 Å². The molecular weight excluding hydrogens is 318 g/mol. The number of hydrogen-bond donors (Lipinski definition) is 0. The minimum absolute atomic E-state index is 0.233. The molecule has 1 aromatic carbocycles. The SMILES string of the molecule is CCCCCCCCOCCOCCN1C(=O)c2ccccc2C1=O. The fourth-order valence-corrected chi connectivity index (χ4v) is 2.90. The Kier molecular flexibility index (Phi) is 8.63. The first kappa shape index (κ1) is 19.6. The molecule has 0 spiro atoms. The lowest BCUT2D eigenvalue weighted by atomic mass is 10.1. The van der Waals surface area contributed by atoms with Crippen LogP contribution in [0.1, 0.15) is 66.2 Å². The van der Waals surface area contributed by atoms with Gasteiger partial charge in [0.05, 0.1) is 37.5 Å². The molecule has 0 saturated heterocycles. The second-order valence-electron chi connectivity index (χ2n) is 6.30. The second-order valence-corrected chi connectivity index (χ2v) is 6.30. The van der Waals surface area contributed by atoms with Crippen LogP contribution in [0.3, 0.4) is 0 Å². The molecule has 0 saturated carbocycles. The van der Waals surface area contributed by atoms with Crippen LogP contribution in [0.15, 0.2) is 24.3 Å². The number of ether oxygens (including phenoxy) is 2. The Morgan fingerprint density at radius 3 is 1.96 bits per heavy atom. The third-order valence-electron chi connectivity index (χ3n) is 4.35. The van der Waals surface area contributed by atoms with Gasteiger partial charge in [-0.3, -0.25) is 14.5 Å². The molecule has 0 radical (unpaired) electrons. The molecule has 0 aliphatic carbocycles. The number of benzene rings is 1. The lowest BCUT2D eigenvalue weighted by molar-refractivity contribution is 0.0346. The molecule has 0 bridgehead atoms. The molecular formula is C20H29NO4. The maximum absolute atomic E-state index is 12.2. The first-order chi connectivity index (χ1) is 12.3. The molecule has 0 fully saturated rings. The summed E-state index contributed by atoms with van der Waals surface area (Å²) in [5.74, 6) is -0.466. The van der Waals surface area contributed by atoms with Crippen molar-refractivity contribution in [1.29, 1.82) is 0 Å². The molecule has 5 nitrogen and oxygen atoms in total. The Balaban J connectivity index is 1.49. The highest BCUT2D eigenvalue weighted by atomic mass is 16.5. The van der Waals surface area contributed by atoms with E-state index in [1.807, 2.05) is 0 Å². The van der Waals surface area contributed by atoms with E-state index in [1.165, 1.54) is 37.0 Å². The number of imide groups is 1. The van der Waals surface area contributed by atoms with Crippen molar-refractivity contribution in [2.75, 3.05) is 33.0 Å². The summed E-state index contributed by atoms with van der Waals surface area (Å²) in [7, 11) is 0. The summed E-state index contributed by atoms with van der Waals surface area (Å²) in [5.41, 5.74) is 0.963. The molecule has 25 heavy (non-hydrogen) atoms. The number of carbonyl (C=O) groups excluding carboxylic acids is 2. The van der Waals surface area contributed by atoms with Gasteiger partial charge < -0.3 is 9.47 Å². The average Bonchev–Trinajstić information content (AvgIpc) is 2.87. The van der Waals surface area contributed by atoms with Crippen molar-refractivity contribution in [3.63, 3.8) is 0 Å². The number of fused-ring (bicyclic) bond motifs is 1.